The molecule has 0 radical (unpaired) electrons. The summed E-state index contributed by atoms with van der Waals surface area (Å²) in [5.41, 5.74) is 1.88. The monoisotopic (exact) mass is 269 g/mol. The molecule has 4 nitrogen and oxygen atoms in total. The maximum absolute atomic E-state index is 9.73. The molecule has 0 bridgehead atoms. The molecule has 0 amide bonds. The lowest BCUT2D eigenvalue weighted by molar-refractivity contribution is 0.195. The van der Waals surface area contributed by atoms with Gasteiger partial charge in [-0.2, -0.15) is 5.26 Å². The quantitative estimate of drug-likeness (QED) is 0.895. The number of nitrogens with zero attached hydrogens (tertiary/aromatic N) is 1. The third-order valence-electron chi connectivity index (χ3n) is 2.93. The van der Waals surface area contributed by atoms with E-state index in [2.05, 4.69) is 0 Å². The zero-order valence-corrected chi connectivity index (χ0v) is 11.1. The third-order valence-corrected chi connectivity index (χ3v) is 2.93. The van der Waals surface area contributed by atoms with E-state index in [1.165, 1.54) is 0 Å². The molecule has 102 valence electrons. The number of benzene rings is 2. The van der Waals surface area contributed by atoms with Gasteiger partial charge in [-0.25, -0.2) is 0 Å². The van der Waals surface area contributed by atoms with E-state index in [0.29, 0.717) is 22.6 Å². The number of nitriles is 1. The molecule has 1 atom stereocenters. The normalized spacial score (nSPS) is 11.7. The molecule has 20 heavy (non-hydrogen) atoms. The summed E-state index contributed by atoms with van der Waals surface area (Å²) in [7, 11) is 0. The minimum atomic E-state index is -0.686. The second kappa shape index (κ2) is 6.20. The predicted octanol–water partition coefficient (Wildman–Crippen LogP) is 2.90. The van der Waals surface area contributed by atoms with Crippen molar-refractivity contribution in [2.24, 2.45) is 0 Å². The molecule has 2 aromatic carbocycles. The van der Waals surface area contributed by atoms with Crippen LogP contribution in [0, 0.1) is 11.3 Å². The first-order chi connectivity index (χ1) is 9.63. The Morgan fingerprint density at radius 2 is 1.90 bits per heavy atom. The molecule has 2 aromatic rings. The van der Waals surface area contributed by atoms with Crippen molar-refractivity contribution in [1.82, 2.24) is 0 Å². The highest BCUT2D eigenvalue weighted by molar-refractivity contribution is 5.45. The predicted molar refractivity (Wildman–Crippen MR) is 74.2 cm³/mol. The summed E-state index contributed by atoms with van der Waals surface area (Å²) in [5, 5.41) is 27.7. The van der Waals surface area contributed by atoms with Crippen LogP contribution in [-0.2, 0) is 6.61 Å². The molecule has 0 spiro atoms. The molecule has 2 rings (SSSR count). The molecule has 4 heteroatoms. The van der Waals surface area contributed by atoms with Crippen molar-refractivity contribution in [1.29, 1.82) is 5.26 Å². The van der Waals surface area contributed by atoms with Crippen LogP contribution in [0.2, 0.25) is 0 Å². The van der Waals surface area contributed by atoms with Crippen LogP contribution in [0.5, 0.6) is 11.5 Å². The highest BCUT2D eigenvalue weighted by Gasteiger charge is 2.11. The van der Waals surface area contributed by atoms with Crippen LogP contribution in [0.4, 0.5) is 0 Å². The molecular weight excluding hydrogens is 254 g/mol. The Morgan fingerprint density at radius 3 is 2.45 bits per heavy atom. The van der Waals surface area contributed by atoms with Gasteiger partial charge in [0.25, 0.3) is 0 Å². The molecule has 0 saturated heterocycles. The molecule has 0 aromatic heterocycles. The Kier molecular flexibility index (Phi) is 4.36. The topological polar surface area (TPSA) is 73.5 Å². The summed E-state index contributed by atoms with van der Waals surface area (Å²) in [5.74, 6) is 1.04. The van der Waals surface area contributed by atoms with Crippen LogP contribution in [0.3, 0.4) is 0 Å². The first-order valence-electron chi connectivity index (χ1n) is 6.24. The van der Waals surface area contributed by atoms with Crippen LogP contribution < -0.4 is 4.74 Å². The van der Waals surface area contributed by atoms with Crippen molar-refractivity contribution < 1.29 is 14.9 Å². The van der Waals surface area contributed by atoms with Gasteiger partial charge in [-0.1, -0.05) is 18.2 Å². The maximum Gasteiger partial charge on any atom is 0.134 e. The van der Waals surface area contributed by atoms with Gasteiger partial charge in [0.05, 0.1) is 24.3 Å². The van der Waals surface area contributed by atoms with E-state index >= 15 is 0 Å². The Balaban J connectivity index is 2.33. The van der Waals surface area contributed by atoms with Crippen LogP contribution in [0.15, 0.2) is 42.5 Å². The molecule has 0 aliphatic heterocycles. The largest absolute Gasteiger partial charge is 0.457 e. The highest BCUT2D eigenvalue weighted by Crippen LogP contribution is 2.30. The van der Waals surface area contributed by atoms with Gasteiger partial charge in [-0.15, -0.1) is 0 Å². The molecule has 1 unspecified atom stereocenters. The number of hydrogen-bond donors (Lipinski definition) is 2. The van der Waals surface area contributed by atoms with Gasteiger partial charge in [0, 0.05) is 5.56 Å². The van der Waals surface area contributed by atoms with Gasteiger partial charge in [0.1, 0.15) is 11.5 Å². The zero-order chi connectivity index (χ0) is 14.5. The molecule has 0 aliphatic rings. The summed E-state index contributed by atoms with van der Waals surface area (Å²) in [6.45, 7) is 1.62. The number of hydrogen-bond acceptors (Lipinski definition) is 4. The smallest absolute Gasteiger partial charge is 0.134 e. The second-order valence-corrected chi connectivity index (χ2v) is 4.44. The van der Waals surface area contributed by atoms with E-state index < -0.39 is 6.10 Å². The fourth-order valence-electron chi connectivity index (χ4n) is 1.83. The number of rotatable bonds is 4. The summed E-state index contributed by atoms with van der Waals surface area (Å²) in [6, 6.07) is 13.9. The van der Waals surface area contributed by atoms with Crippen molar-refractivity contribution in [3.8, 4) is 17.6 Å². The van der Waals surface area contributed by atoms with Crippen LogP contribution in [0.25, 0.3) is 0 Å². The van der Waals surface area contributed by atoms with Gasteiger partial charge in [0.15, 0.2) is 0 Å². The molecule has 2 N–H and O–H groups in total. The molecule has 0 saturated carbocycles. The second-order valence-electron chi connectivity index (χ2n) is 4.44. The Hall–Kier alpha value is -2.35. The van der Waals surface area contributed by atoms with Crippen LogP contribution >= 0.6 is 0 Å². The molecule has 0 fully saturated rings. The fraction of sp³-hybridized carbons (Fsp3) is 0.188. The molecular formula is C16H15NO3. The van der Waals surface area contributed by atoms with E-state index in [0.717, 1.165) is 5.56 Å². The van der Waals surface area contributed by atoms with E-state index in [1.807, 2.05) is 6.07 Å². The number of ether oxygens (including phenoxy) is 1. The minimum absolute atomic E-state index is 0.0247. The lowest BCUT2D eigenvalue weighted by atomic mass is 10.1. The van der Waals surface area contributed by atoms with E-state index in [1.54, 1.807) is 49.4 Å². The van der Waals surface area contributed by atoms with Crippen molar-refractivity contribution in [3.05, 3.63) is 59.2 Å². The Bertz CT molecular complexity index is 627. The lowest BCUT2D eigenvalue weighted by Gasteiger charge is -2.13. The summed E-state index contributed by atoms with van der Waals surface area (Å²) >= 11 is 0. The minimum Gasteiger partial charge on any atom is -0.457 e. The van der Waals surface area contributed by atoms with Crippen molar-refractivity contribution in [2.45, 2.75) is 19.6 Å². The van der Waals surface area contributed by atoms with Gasteiger partial charge in [-0.05, 0) is 36.8 Å². The van der Waals surface area contributed by atoms with E-state index in [4.69, 9.17) is 15.1 Å². The number of aliphatic hydroxyl groups excluding tert-OH is 2. The van der Waals surface area contributed by atoms with Gasteiger partial charge in [-0.3, -0.25) is 0 Å². The standard InChI is InChI=1S/C16H15NO3/c1-11(19)15-7-4-13(9-17)8-16(15)20-14-5-2-12(10-18)3-6-14/h2-8,11,18-19H,10H2,1H3. The SMILES string of the molecule is CC(O)c1ccc(C#N)cc1Oc1ccc(CO)cc1. The average molecular weight is 269 g/mol. The molecule has 0 aliphatic carbocycles. The number of aliphatic hydroxyl groups is 2. The Labute approximate surface area is 117 Å². The van der Waals surface area contributed by atoms with Crippen molar-refractivity contribution in [3.63, 3.8) is 0 Å². The van der Waals surface area contributed by atoms with Crippen molar-refractivity contribution in [2.75, 3.05) is 0 Å². The maximum atomic E-state index is 9.73. The van der Waals surface area contributed by atoms with Gasteiger partial charge < -0.3 is 14.9 Å². The third kappa shape index (κ3) is 3.15. The highest BCUT2D eigenvalue weighted by atomic mass is 16.5. The molecule has 0 heterocycles. The van der Waals surface area contributed by atoms with Crippen LogP contribution in [-0.4, -0.2) is 10.2 Å². The van der Waals surface area contributed by atoms with Gasteiger partial charge in [0.2, 0.25) is 0 Å². The van der Waals surface area contributed by atoms with Crippen LogP contribution in [0.1, 0.15) is 29.7 Å². The van der Waals surface area contributed by atoms with Crippen molar-refractivity contribution >= 4 is 0 Å². The first-order valence-corrected chi connectivity index (χ1v) is 6.24. The summed E-state index contributed by atoms with van der Waals surface area (Å²) in [4.78, 5) is 0. The first kappa shape index (κ1) is 14.1. The van der Waals surface area contributed by atoms with E-state index in [9.17, 15) is 5.11 Å². The lowest BCUT2D eigenvalue weighted by Crippen LogP contribution is -1.97. The Morgan fingerprint density at radius 1 is 1.20 bits per heavy atom. The van der Waals surface area contributed by atoms with E-state index in [-0.39, 0.29) is 6.61 Å². The fourth-order valence-corrected chi connectivity index (χ4v) is 1.83. The average Bonchev–Trinajstić information content (AvgIpc) is 2.47. The van der Waals surface area contributed by atoms with Gasteiger partial charge >= 0.3 is 0 Å². The summed E-state index contributed by atoms with van der Waals surface area (Å²) < 4.78 is 5.72. The zero-order valence-electron chi connectivity index (χ0n) is 11.1. The summed E-state index contributed by atoms with van der Waals surface area (Å²) in [6.07, 6.45) is -0.686.